The van der Waals surface area contributed by atoms with Gasteiger partial charge in [-0.2, -0.15) is 0 Å². The summed E-state index contributed by atoms with van der Waals surface area (Å²) >= 11 is 0. The molecule has 0 aromatic heterocycles. The molecule has 0 aliphatic carbocycles. The summed E-state index contributed by atoms with van der Waals surface area (Å²) in [5.74, 6) is -0.0328. The van der Waals surface area contributed by atoms with Crippen LogP contribution in [0.15, 0.2) is 0 Å². The zero-order valence-corrected chi connectivity index (χ0v) is 7.59. The average Bonchev–Trinajstić information content (AvgIpc) is 1.87. The summed E-state index contributed by atoms with van der Waals surface area (Å²) in [5.41, 5.74) is 0. The quantitative estimate of drug-likeness (QED) is 0.631. The maximum atomic E-state index is 11.0. The molecule has 0 rings (SSSR count). The second kappa shape index (κ2) is 4.34. The van der Waals surface area contributed by atoms with Gasteiger partial charge in [-0.1, -0.05) is 13.8 Å². The standard InChI is InChI=1S/C8H17NO2/c1-5(2)8(11)9-6(3)7(4)10/h5-7,10H,1-4H3,(H,9,11). The van der Waals surface area contributed by atoms with Crippen molar-refractivity contribution < 1.29 is 9.90 Å². The van der Waals surface area contributed by atoms with Crippen LogP contribution in [0, 0.1) is 5.92 Å². The molecular weight excluding hydrogens is 142 g/mol. The van der Waals surface area contributed by atoms with Crippen LogP contribution in [0.1, 0.15) is 27.7 Å². The Labute approximate surface area is 67.8 Å². The highest BCUT2D eigenvalue weighted by Crippen LogP contribution is 1.95. The summed E-state index contributed by atoms with van der Waals surface area (Å²) in [6.45, 7) is 7.09. The number of carbonyl (C=O) groups is 1. The van der Waals surface area contributed by atoms with E-state index < -0.39 is 6.10 Å². The van der Waals surface area contributed by atoms with Gasteiger partial charge in [0.1, 0.15) is 0 Å². The Kier molecular flexibility index (Phi) is 4.11. The smallest absolute Gasteiger partial charge is 0.222 e. The third-order valence-electron chi connectivity index (χ3n) is 1.62. The molecule has 3 heteroatoms. The van der Waals surface area contributed by atoms with Gasteiger partial charge in [0.2, 0.25) is 5.91 Å². The van der Waals surface area contributed by atoms with E-state index in [9.17, 15) is 4.79 Å². The van der Waals surface area contributed by atoms with Crippen LogP contribution in [0.25, 0.3) is 0 Å². The summed E-state index contributed by atoms with van der Waals surface area (Å²) in [6, 6.07) is -0.162. The van der Waals surface area contributed by atoms with Gasteiger partial charge in [0.25, 0.3) is 0 Å². The molecule has 0 saturated carbocycles. The number of nitrogens with one attached hydrogen (secondary N) is 1. The van der Waals surface area contributed by atoms with Crippen molar-refractivity contribution in [2.45, 2.75) is 39.8 Å². The maximum absolute atomic E-state index is 11.0. The lowest BCUT2D eigenvalue weighted by Gasteiger charge is -2.17. The van der Waals surface area contributed by atoms with Gasteiger partial charge in [-0.25, -0.2) is 0 Å². The van der Waals surface area contributed by atoms with E-state index in [4.69, 9.17) is 5.11 Å². The first-order valence-electron chi connectivity index (χ1n) is 3.93. The van der Waals surface area contributed by atoms with Crippen LogP contribution in [0.2, 0.25) is 0 Å². The van der Waals surface area contributed by atoms with Crippen LogP contribution in [-0.2, 0) is 4.79 Å². The Hall–Kier alpha value is -0.570. The minimum atomic E-state index is -0.488. The summed E-state index contributed by atoms with van der Waals surface area (Å²) in [5, 5.41) is 11.7. The summed E-state index contributed by atoms with van der Waals surface area (Å²) in [6.07, 6.45) is -0.488. The van der Waals surface area contributed by atoms with Crippen molar-refractivity contribution in [2.24, 2.45) is 5.92 Å². The molecule has 0 aliphatic heterocycles. The van der Waals surface area contributed by atoms with Gasteiger partial charge in [0, 0.05) is 5.92 Å². The Balaban J connectivity index is 3.76. The highest BCUT2D eigenvalue weighted by atomic mass is 16.3. The summed E-state index contributed by atoms with van der Waals surface area (Å²) in [7, 11) is 0. The third kappa shape index (κ3) is 3.98. The fraction of sp³-hybridized carbons (Fsp3) is 0.875. The lowest BCUT2D eigenvalue weighted by molar-refractivity contribution is -0.125. The highest BCUT2D eigenvalue weighted by Gasteiger charge is 2.13. The van der Waals surface area contributed by atoms with Crippen molar-refractivity contribution in [1.82, 2.24) is 5.32 Å². The van der Waals surface area contributed by atoms with E-state index in [-0.39, 0.29) is 17.9 Å². The minimum Gasteiger partial charge on any atom is -0.391 e. The van der Waals surface area contributed by atoms with Crippen molar-refractivity contribution in [1.29, 1.82) is 0 Å². The maximum Gasteiger partial charge on any atom is 0.222 e. The lowest BCUT2D eigenvalue weighted by atomic mass is 10.1. The van der Waals surface area contributed by atoms with Crippen LogP contribution in [0.5, 0.6) is 0 Å². The van der Waals surface area contributed by atoms with E-state index in [1.807, 2.05) is 13.8 Å². The van der Waals surface area contributed by atoms with Crippen molar-refractivity contribution in [3.8, 4) is 0 Å². The van der Waals surface area contributed by atoms with Crippen LogP contribution in [0.3, 0.4) is 0 Å². The van der Waals surface area contributed by atoms with Crippen molar-refractivity contribution in [3.63, 3.8) is 0 Å². The number of hydrogen-bond acceptors (Lipinski definition) is 2. The number of hydrogen-bond donors (Lipinski definition) is 2. The molecule has 0 aromatic carbocycles. The Bertz CT molecular complexity index is 132. The first-order chi connectivity index (χ1) is 4.95. The molecule has 0 saturated heterocycles. The molecule has 2 N–H and O–H groups in total. The fourth-order valence-electron chi connectivity index (χ4n) is 0.512. The summed E-state index contributed by atoms with van der Waals surface area (Å²) < 4.78 is 0. The molecule has 1 amide bonds. The van der Waals surface area contributed by atoms with E-state index in [1.165, 1.54) is 0 Å². The number of aliphatic hydroxyl groups is 1. The fourth-order valence-corrected chi connectivity index (χ4v) is 0.512. The average molecular weight is 159 g/mol. The van der Waals surface area contributed by atoms with Gasteiger partial charge in [0.15, 0.2) is 0 Å². The number of rotatable bonds is 3. The molecule has 3 nitrogen and oxygen atoms in total. The predicted molar refractivity (Wildman–Crippen MR) is 44.1 cm³/mol. The molecule has 0 heterocycles. The largest absolute Gasteiger partial charge is 0.391 e. The number of amides is 1. The molecule has 11 heavy (non-hydrogen) atoms. The van der Waals surface area contributed by atoms with Gasteiger partial charge in [-0.3, -0.25) is 4.79 Å². The zero-order valence-electron chi connectivity index (χ0n) is 7.59. The second-order valence-electron chi connectivity index (χ2n) is 3.19. The molecule has 2 atom stereocenters. The second-order valence-corrected chi connectivity index (χ2v) is 3.19. The van der Waals surface area contributed by atoms with E-state index in [0.29, 0.717) is 0 Å². The van der Waals surface area contributed by atoms with E-state index in [2.05, 4.69) is 5.32 Å². The molecule has 2 unspecified atom stereocenters. The molecule has 0 aromatic rings. The Morgan fingerprint density at radius 1 is 1.27 bits per heavy atom. The monoisotopic (exact) mass is 159 g/mol. The highest BCUT2D eigenvalue weighted by molar-refractivity contribution is 5.78. The molecule has 0 fully saturated rings. The van der Waals surface area contributed by atoms with Gasteiger partial charge in [0.05, 0.1) is 12.1 Å². The Morgan fingerprint density at radius 3 is 2.00 bits per heavy atom. The summed E-state index contributed by atoms with van der Waals surface area (Å²) in [4.78, 5) is 11.0. The van der Waals surface area contributed by atoms with Crippen LogP contribution >= 0.6 is 0 Å². The van der Waals surface area contributed by atoms with Crippen LogP contribution in [0.4, 0.5) is 0 Å². The topological polar surface area (TPSA) is 49.3 Å². The molecule has 0 aliphatic rings. The molecular formula is C8H17NO2. The molecule has 0 bridgehead atoms. The first-order valence-corrected chi connectivity index (χ1v) is 3.93. The van der Waals surface area contributed by atoms with Gasteiger partial charge in [-0.05, 0) is 13.8 Å². The number of carbonyl (C=O) groups excluding carboxylic acids is 1. The number of aliphatic hydroxyl groups excluding tert-OH is 1. The Morgan fingerprint density at radius 2 is 1.73 bits per heavy atom. The van der Waals surface area contributed by atoms with Crippen molar-refractivity contribution in [3.05, 3.63) is 0 Å². The molecule has 0 spiro atoms. The van der Waals surface area contributed by atoms with E-state index >= 15 is 0 Å². The predicted octanol–water partition coefficient (Wildman–Crippen LogP) is 0.528. The molecule has 0 radical (unpaired) electrons. The first kappa shape index (κ1) is 10.4. The van der Waals surface area contributed by atoms with Crippen molar-refractivity contribution in [2.75, 3.05) is 0 Å². The van der Waals surface area contributed by atoms with Crippen molar-refractivity contribution >= 4 is 5.91 Å². The van der Waals surface area contributed by atoms with Crippen LogP contribution < -0.4 is 5.32 Å². The lowest BCUT2D eigenvalue weighted by Crippen LogP contribution is -2.41. The minimum absolute atomic E-state index is 0.0154. The van der Waals surface area contributed by atoms with Gasteiger partial charge < -0.3 is 10.4 Å². The molecule has 66 valence electrons. The van der Waals surface area contributed by atoms with Crippen LogP contribution in [-0.4, -0.2) is 23.2 Å². The third-order valence-corrected chi connectivity index (χ3v) is 1.62. The van der Waals surface area contributed by atoms with Gasteiger partial charge in [-0.15, -0.1) is 0 Å². The van der Waals surface area contributed by atoms with E-state index in [1.54, 1.807) is 13.8 Å². The normalized spacial score (nSPS) is 16.2. The zero-order chi connectivity index (χ0) is 9.02. The SMILES string of the molecule is CC(C)C(=O)NC(C)C(C)O. The van der Waals surface area contributed by atoms with E-state index in [0.717, 1.165) is 0 Å². The van der Waals surface area contributed by atoms with Gasteiger partial charge >= 0.3 is 0 Å².